The topological polar surface area (TPSA) is 43.6 Å². The molecule has 0 radical (unpaired) electrons. The Bertz CT molecular complexity index is 3080. The van der Waals surface area contributed by atoms with Gasteiger partial charge in [-0.05, 0) is 36.4 Å². The zero-order valence-corrected chi connectivity index (χ0v) is 28.7. The summed E-state index contributed by atoms with van der Waals surface area (Å²) in [7, 11) is 0. The van der Waals surface area contributed by atoms with Gasteiger partial charge >= 0.3 is 0 Å². The Balaban J connectivity index is 1.26. The fourth-order valence-corrected chi connectivity index (χ4v) is 9.96. The summed E-state index contributed by atoms with van der Waals surface area (Å²) in [6, 6.07) is 55.9. The first-order valence-corrected chi connectivity index (χ1v) is 18.6. The lowest BCUT2D eigenvalue weighted by atomic mass is 10.0. The molecule has 238 valence electrons. The monoisotopic (exact) mass is 686 g/mol. The first-order chi connectivity index (χ1) is 25.3. The maximum absolute atomic E-state index is 5.16. The summed E-state index contributed by atoms with van der Waals surface area (Å²) in [6.07, 6.45) is 0. The Morgan fingerprint density at radius 3 is 1.67 bits per heavy atom. The third-order valence-corrected chi connectivity index (χ3v) is 12.2. The molecule has 6 heteroatoms. The number of para-hydroxylation sites is 1. The molecule has 0 atom stereocenters. The molecule has 4 heterocycles. The van der Waals surface area contributed by atoms with Gasteiger partial charge in [-0.25, -0.2) is 15.0 Å². The van der Waals surface area contributed by atoms with E-state index in [0.717, 1.165) is 27.1 Å². The number of thiophene rings is 2. The molecular weight excluding hydrogens is 661 g/mol. The van der Waals surface area contributed by atoms with Crippen molar-refractivity contribution in [2.45, 2.75) is 0 Å². The van der Waals surface area contributed by atoms with Gasteiger partial charge in [-0.2, -0.15) is 0 Å². The lowest BCUT2D eigenvalue weighted by Crippen LogP contribution is -2.01. The normalized spacial score (nSPS) is 11.9. The van der Waals surface area contributed by atoms with E-state index in [-0.39, 0.29) is 0 Å². The van der Waals surface area contributed by atoms with Crippen LogP contribution in [0.15, 0.2) is 158 Å². The van der Waals surface area contributed by atoms with Gasteiger partial charge in [-0.15, -0.1) is 22.7 Å². The van der Waals surface area contributed by atoms with Gasteiger partial charge in [0.2, 0.25) is 0 Å². The van der Waals surface area contributed by atoms with Gasteiger partial charge in [0, 0.05) is 67.8 Å². The first-order valence-electron chi connectivity index (χ1n) is 17.0. The molecular formula is C45H26N4S2. The summed E-state index contributed by atoms with van der Waals surface area (Å²) < 4.78 is 7.50. The number of rotatable bonds is 4. The Kier molecular flexibility index (Phi) is 6.26. The smallest absolute Gasteiger partial charge is 0.165 e. The maximum Gasteiger partial charge on any atom is 0.165 e. The highest BCUT2D eigenvalue weighted by Crippen LogP contribution is 2.47. The molecule has 11 rings (SSSR count). The number of hydrogen-bond acceptors (Lipinski definition) is 5. The molecule has 4 aromatic heterocycles. The minimum Gasteiger partial charge on any atom is -0.308 e. The van der Waals surface area contributed by atoms with Crippen molar-refractivity contribution in [1.29, 1.82) is 0 Å². The minimum absolute atomic E-state index is 0.659. The van der Waals surface area contributed by atoms with Crippen LogP contribution in [0.3, 0.4) is 0 Å². The van der Waals surface area contributed by atoms with E-state index in [9.17, 15) is 0 Å². The van der Waals surface area contributed by atoms with Gasteiger partial charge in [-0.3, -0.25) is 0 Å². The summed E-state index contributed by atoms with van der Waals surface area (Å²) >= 11 is 3.67. The Morgan fingerprint density at radius 2 is 0.961 bits per heavy atom. The Labute approximate surface area is 300 Å². The number of benzene rings is 7. The predicted molar refractivity (Wildman–Crippen MR) is 216 cm³/mol. The Morgan fingerprint density at radius 1 is 0.392 bits per heavy atom. The molecule has 0 unspecified atom stereocenters. The van der Waals surface area contributed by atoms with E-state index in [1.165, 1.54) is 57.5 Å². The molecule has 0 fully saturated rings. The van der Waals surface area contributed by atoms with E-state index >= 15 is 0 Å². The molecule has 0 bridgehead atoms. The van der Waals surface area contributed by atoms with Crippen molar-refractivity contribution in [2.75, 3.05) is 0 Å². The minimum atomic E-state index is 0.659. The second kappa shape index (κ2) is 11.2. The van der Waals surface area contributed by atoms with Crippen molar-refractivity contribution in [2.24, 2.45) is 0 Å². The summed E-state index contributed by atoms with van der Waals surface area (Å²) in [5, 5.41) is 7.54. The fraction of sp³-hybridized carbons (Fsp3) is 0. The van der Waals surface area contributed by atoms with Crippen molar-refractivity contribution in [1.82, 2.24) is 19.5 Å². The SMILES string of the molecule is c1ccc(-c2nc(-c3ccccc3)nc(-c3ccc(-n4c5ccccc5c5ccc6sc7ccccc7c6c54)c4c3sc3ccccc34)n2)cc1. The molecule has 0 amide bonds. The lowest BCUT2D eigenvalue weighted by molar-refractivity contribution is 1.08. The van der Waals surface area contributed by atoms with Crippen molar-refractivity contribution in [3.8, 4) is 39.9 Å². The average molecular weight is 687 g/mol. The third-order valence-electron chi connectivity index (χ3n) is 9.86. The first kappa shape index (κ1) is 28.6. The average Bonchev–Trinajstić information content (AvgIpc) is 3.88. The zero-order valence-electron chi connectivity index (χ0n) is 27.1. The number of aromatic nitrogens is 4. The van der Waals surface area contributed by atoms with E-state index in [4.69, 9.17) is 15.0 Å². The number of fused-ring (bicyclic) bond motifs is 10. The molecule has 7 aromatic carbocycles. The van der Waals surface area contributed by atoms with Crippen LogP contribution in [0.25, 0.3) is 102 Å². The largest absolute Gasteiger partial charge is 0.308 e. The van der Waals surface area contributed by atoms with Crippen molar-refractivity contribution in [3.63, 3.8) is 0 Å². The lowest BCUT2D eigenvalue weighted by Gasteiger charge is -2.14. The van der Waals surface area contributed by atoms with E-state index in [1.54, 1.807) is 11.3 Å². The Hall–Kier alpha value is -6.21. The number of hydrogen-bond donors (Lipinski definition) is 0. The summed E-state index contributed by atoms with van der Waals surface area (Å²) in [5.41, 5.74) is 6.50. The zero-order chi connectivity index (χ0) is 33.5. The van der Waals surface area contributed by atoms with Gasteiger partial charge in [0.05, 0.1) is 16.7 Å². The molecule has 0 aliphatic heterocycles. The molecule has 51 heavy (non-hydrogen) atoms. The van der Waals surface area contributed by atoms with Gasteiger partial charge in [-0.1, -0.05) is 121 Å². The van der Waals surface area contributed by atoms with Gasteiger partial charge in [0.25, 0.3) is 0 Å². The second-order valence-corrected chi connectivity index (χ2v) is 14.9. The van der Waals surface area contributed by atoms with Crippen LogP contribution in [0.4, 0.5) is 0 Å². The standard InChI is InChI=1S/C45H26N4S2/c1-3-13-27(14-4-1)43-46-44(28-15-5-2-6-16-28)48-45(47-43)33-23-25-35(39-31-18-8-12-22-37(31)51-42(33)39)49-34-20-10-7-17-29(34)30-24-26-38-40(41(30)49)32-19-9-11-21-36(32)50-38/h1-26H. The predicted octanol–water partition coefficient (Wildman–Crippen LogP) is 12.7. The fourth-order valence-electron chi connectivity index (χ4n) is 7.62. The van der Waals surface area contributed by atoms with Gasteiger partial charge in [0.15, 0.2) is 17.5 Å². The van der Waals surface area contributed by atoms with E-state index in [1.807, 2.05) is 47.7 Å². The van der Waals surface area contributed by atoms with E-state index in [2.05, 4.69) is 126 Å². The van der Waals surface area contributed by atoms with Crippen LogP contribution < -0.4 is 0 Å². The molecule has 0 N–H and O–H groups in total. The van der Waals surface area contributed by atoms with Crippen molar-refractivity contribution in [3.05, 3.63) is 158 Å². The highest BCUT2D eigenvalue weighted by Gasteiger charge is 2.23. The van der Waals surface area contributed by atoms with Crippen LogP contribution in [0.5, 0.6) is 0 Å². The molecule has 0 aliphatic rings. The maximum atomic E-state index is 5.16. The van der Waals surface area contributed by atoms with Crippen LogP contribution >= 0.6 is 22.7 Å². The highest BCUT2D eigenvalue weighted by molar-refractivity contribution is 7.26. The highest BCUT2D eigenvalue weighted by atomic mass is 32.1. The van der Waals surface area contributed by atoms with Crippen molar-refractivity contribution < 1.29 is 0 Å². The number of nitrogens with zero attached hydrogens (tertiary/aromatic N) is 4. The van der Waals surface area contributed by atoms with Gasteiger partial charge < -0.3 is 4.57 Å². The van der Waals surface area contributed by atoms with Crippen LogP contribution in [-0.2, 0) is 0 Å². The van der Waals surface area contributed by atoms with Crippen LogP contribution in [0, 0.1) is 0 Å². The van der Waals surface area contributed by atoms with Crippen molar-refractivity contribution >= 4 is 84.8 Å². The van der Waals surface area contributed by atoms with Crippen LogP contribution in [0.2, 0.25) is 0 Å². The molecule has 11 aromatic rings. The molecule has 0 spiro atoms. The quantitative estimate of drug-likeness (QED) is 0.185. The van der Waals surface area contributed by atoms with Crippen LogP contribution in [0.1, 0.15) is 0 Å². The molecule has 0 aliphatic carbocycles. The molecule has 0 saturated heterocycles. The van der Waals surface area contributed by atoms with Gasteiger partial charge in [0.1, 0.15) is 0 Å². The third kappa shape index (κ3) is 4.34. The summed E-state index contributed by atoms with van der Waals surface area (Å²) in [6.45, 7) is 0. The summed E-state index contributed by atoms with van der Waals surface area (Å²) in [5.74, 6) is 1.98. The van der Waals surface area contributed by atoms with Crippen LogP contribution in [-0.4, -0.2) is 19.5 Å². The summed E-state index contributed by atoms with van der Waals surface area (Å²) in [4.78, 5) is 15.3. The van der Waals surface area contributed by atoms with E-state index < -0.39 is 0 Å². The molecule has 0 saturated carbocycles. The second-order valence-electron chi connectivity index (χ2n) is 12.8. The van der Waals surface area contributed by atoms with E-state index in [0.29, 0.717) is 17.5 Å². The molecule has 4 nitrogen and oxygen atoms in total.